The molecule has 1 rings (SSSR count). The molecule has 7 nitrogen and oxygen atoms in total. The van der Waals surface area contributed by atoms with Gasteiger partial charge in [-0.3, -0.25) is 4.79 Å². The van der Waals surface area contributed by atoms with Crippen LogP contribution in [0, 0.1) is 11.3 Å². The van der Waals surface area contributed by atoms with E-state index in [1.807, 2.05) is 0 Å². The molecule has 1 aromatic rings. The molecule has 0 heterocycles. The molecular formula is C17H19ClN2O5. The van der Waals surface area contributed by atoms with Crippen LogP contribution in [0.15, 0.2) is 17.7 Å². The lowest BCUT2D eigenvalue weighted by Gasteiger charge is -2.16. The van der Waals surface area contributed by atoms with Gasteiger partial charge in [0.2, 0.25) is 0 Å². The molecule has 0 aromatic heterocycles. The second-order valence-electron chi connectivity index (χ2n) is 5.00. The molecular weight excluding hydrogens is 348 g/mol. The molecule has 0 bridgehead atoms. The number of amides is 1. The maximum absolute atomic E-state index is 11.7. The summed E-state index contributed by atoms with van der Waals surface area (Å²) in [5.74, 6) is -0.476. The van der Waals surface area contributed by atoms with Crippen LogP contribution in [0.3, 0.4) is 0 Å². The van der Waals surface area contributed by atoms with Crippen molar-refractivity contribution in [2.24, 2.45) is 0 Å². The van der Waals surface area contributed by atoms with Crippen LogP contribution in [0.25, 0.3) is 6.08 Å². The van der Waals surface area contributed by atoms with Crippen LogP contribution in [-0.4, -0.2) is 51.2 Å². The Balaban J connectivity index is 3.22. The van der Waals surface area contributed by atoms with Crippen molar-refractivity contribution in [2.45, 2.75) is 6.92 Å². The first kappa shape index (κ1) is 20.3. The molecule has 1 aromatic carbocycles. The summed E-state index contributed by atoms with van der Waals surface area (Å²) < 4.78 is 15.5. The molecule has 134 valence electrons. The quantitative estimate of drug-likeness (QED) is 0.418. The highest BCUT2D eigenvalue weighted by Crippen LogP contribution is 2.37. The van der Waals surface area contributed by atoms with Crippen LogP contribution in [0.4, 0.5) is 0 Å². The van der Waals surface area contributed by atoms with Gasteiger partial charge in [-0.25, -0.2) is 4.79 Å². The summed E-state index contributed by atoms with van der Waals surface area (Å²) in [5, 5.41) is 9.22. The van der Waals surface area contributed by atoms with Crippen molar-refractivity contribution in [1.82, 2.24) is 4.90 Å². The zero-order valence-corrected chi connectivity index (χ0v) is 15.2. The number of benzene rings is 1. The van der Waals surface area contributed by atoms with Crippen LogP contribution in [0.5, 0.6) is 11.5 Å². The Kier molecular flexibility index (Phi) is 7.76. The van der Waals surface area contributed by atoms with Gasteiger partial charge in [-0.1, -0.05) is 11.6 Å². The van der Waals surface area contributed by atoms with Gasteiger partial charge in [-0.2, -0.15) is 5.26 Å². The third-order valence-electron chi connectivity index (χ3n) is 3.01. The number of nitrogens with zero attached hydrogens (tertiary/aromatic N) is 2. The molecule has 0 aliphatic carbocycles. The van der Waals surface area contributed by atoms with Crippen LogP contribution < -0.4 is 9.47 Å². The minimum absolute atomic E-state index is 0.183. The van der Waals surface area contributed by atoms with Crippen molar-refractivity contribution in [2.75, 3.05) is 34.4 Å². The van der Waals surface area contributed by atoms with Gasteiger partial charge in [-0.05, 0) is 30.7 Å². The Labute approximate surface area is 151 Å². The number of ether oxygens (including phenoxy) is 3. The zero-order valence-electron chi connectivity index (χ0n) is 14.5. The SMILES string of the molecule is CCOc1cc(/C=C(\C#N)C(=O)OC)cc(Cl)c1OCC(=O)N(C)C. The van der Waals surface area contributed by atoms with Crippen LogP contribution in [0.1, 0.15) is 12.5 Å². The number of nitriles is 1. The molecule has 0 spiro atoms. The number of carbonyl (C=O) groups excluding carboxylic acids is 2. The van der Waals surface area contributed by atoms with E-state index >= 15 is 0 Å². The maximum Gasteiger partial charge on any atom is 0.348 e. The number of esters is 1. The molecule has 1 amide bonds. The predicted molar refractivity (Wildman–Crippen MR) is 92.4 cm³/mol. The number of rotatable bonds is 7. The van der Waals surface area contributed by atoms with Crippen LogP contribution in [-0.2, 0) is 14.3 Å². The Morgan fingerprint density at radius 3 is 2.52 bits per heavy atom. The van der Waals surface area contributed by atoms with Crippen LogP contribution >= 0.6 is 11.6 Å². The molecule has 0 saturated heterocycles. The molecule has 0 unspecified atom stereocenters. The minimum Gasteiger partial charge on any atom is -0.490 e. The van der Waals surface area contributed by atoms with E-state index < -0.39 is 5.97 Å². The molecule has 0 aliphatic heterocycles. The molecule has 0 saturated carbocycles. The van der Waals surface area contributed by atoms with Gasteiger partial charge in [0.25, 0.3) is 5.91 Å². The molecule has 0 radical (unpaired) electrons. The molecule has 25 heavy (non-hydrogen) atoms. The highest BCUT2D eigenvalue weighted by molar-refractivity contribution is 6.32. The van der Waals surface area contributed by atoms with Crippen molar-refractivity contribution in [1.29, 1.82) is 5.26 Å². The minimum atomic E-state index is -0.756. The summed E-state index contributed by atoms with van der Waals surface area (Å²) in [7, 11) is 4.41. The number of carbonyl (C=O) groups is 2. The Morgan fingerprint density at radius 1 is 1.32 bits per heavy atom. The lowest BCUT2D eigenvalue weighted by Crippen LogP contribution is -2.27. The molecule has 0 fully saturated rings. The largest absolute Gasteiger partial charge is 0.490 e. The van der Waals surface area contributed by atoms with E-state index in [-0.39, 0.29) is 28.9 Å². The third kappa shape index (κ3) is 5.69. The maximum atomic E-state index is 11.7. The summed E-state index contributed by atoms with van der Waals surface area (Å²) in [5.41, 5.74) is 0.277. The number of methoxy groups -OCH3 is 1. The first-order valence-electron chi connectivity index (χ1n) is 7.33. The Bertz CT molecular complexity index is 722. The number of hydrogen-bond acceptors (Lipinski definition) is 6. The summed E-state index contributed by atoms with van der Waals surface area (Å²) in [6, 6.07) is 4.82. The summed E-state index contributed by atoms with van der Waals surface area (Å²) in [6.07, 6.45) is 1.33. The van der Waals surface area contributed by atoms with Crippen molar-refractivity contribution >= 4 is 29.6 Å². The average Bonchev–Trinajstić information content (AvgIpc) is 2.58. The average molecular weight is 367 g/mol. The van der Waals surface area contributed by atoms with Crippen molar-refractivity contribution < 1.29 is 23.8 Å². The first-order valence-corrected chi connectivity index (χ1v) is 7.71. The van der Waals surface area contributed by atoms with Gasteiger partial charge in [0, 0.05) is 14.1 Å². The fourth-order valence-electron chi connectivity index (χ4n) is 1.75. The Morgan fingerprint density at radius 2 is 2.00 bits per heavy atom. The van der Waals surface area contributed by atoms with Gasteiger partial charge in [0.15, 0.2) is 18.1 Å². The van der Waals surface area contributed by atoms with E-state index in [9.17, 15) is 9.59 Å². The first-order chi connectivity index (χ1) is 11.8. The molecule has 0 atom stereocenters. The van der Waals surface area contributed by atoms with Crippen molar-refractivity contribution in [3.05, 3.63) is 28.3 Å². The van der Waals surface area contributed by atoms with Gasteiger partial charge in [0.05, 0.1) is 18.7 Å². The third-order valence-corrected chi connectivity index (χ3v) is 3.29. The number of likely N-dealkylation sites (N-methyl/N-ethyl adjacent to an activating group) is 1. The lowest BCUT2D eigenvalue weighted by atomic mass is 10.1. The number of hydrogen-bond donors (Lipinski definition) is 0. The molecule has 8 heteroatoms. The van der Waals surface area contributed by atoms with E-state index in [1.165, 1.54) is 24.2 Å². The topological polar surface area (TPSA) is 88.9 Å². The van der Waals surface area contributed by atoms with Gasteiger partial charge in [-0.15, -0.1) is 0 Å². The van der Waals surface area contributed by atoms with Gasteiger partial charge >= 0.3 is 5.97 Å². The second kappa shape index (κ2) is 9.55. The zero-order chi connectivity index (χ0) is 19.0. The highest BCUT2D eigenvalue weighted by Gasteiger charge is 2.16. The highest BCUT2D eigenvalue weighted by atomic mass is 35.5. The van der Waals surface area contributed by atoms with E-state index in [2.05, 4.69) is 4.74 Å². The summed E-state index contributed by atoms with van der Waals surface area (Å²) in [4.78, 5) is 24.6. The van der Waals surface area contributed by atoms with E-state index in [4.69, 9.17) is 26.3 Å². The fourth-order valence-corrected chi connectivity index (χ4v) is 2.02. The monoisotopic (exact) mass is 366 g/mol. The normalized spacial score (nSPS) is 10.6. The second-order valence-corrected chi connectivity index (χ2v) is 5.41. The van der Waals surface area contributed by atoms with Gasteiger partial charge < -0.3 is 19.1 Å². The van der Waals surface area contributed by atoms with Gasteiger partial charge in [0.1, 0.15) is 11.6 Å². The standard InChI is InChI=1S/C17H19ClN2O5/c1-5-24-14-8-11(6-12(9-19)17(22)23-4)7-13(18)16(14)25-10-15(21)20(2)3/h6-8H,5,10H2,1-4H3/b12-6+. The fraction of sp³-hybridized carbons (Fsp3) is 0.353. The Hall–Kier alpha value is -2.72. The molecule has 0 aliphatic rings. The van der Waals surface area contributed by atoms with E-state index in [1.54, 1.807) is 33.2 Å². The molecule has 0 N–H and O–H groups in total. The van der Waals surface area contributed by atoms with Crippen molar-refractivity contribution in [3.63, 3.8) is 0 Å². The summed E-state index contributed by atoms with van der Waals surface area (Å²) in [6.45, 7) is 1.91. The van der Waals surface area contributed by atoms with E-state index in [0.29, 0.717) is 17.9 Å². The van der Waals surface area contributed by atoms with Crippen LogP contribution in [0.2, 0.25) is 5.02 Å². The predicted octanol–water partition coefficient (Wildman–Crippen LogP) is 2.29. The smallest absolute Gasteiger partial charge is 0.348 e. The lowest BCUT2D eigenvalue weighted by molar-refractivity contribution is -0.135. The van der Waals surface area contributed by atoms with E-state index in [0.717, 1.165) is 0 Å². The number of halogens is 1. The summed E-state index contributed by atoms with van der Waals surface area (Å²) >= 11 is 6.22. The van der Waals surface area contributed by atoms with Crippen molar-refractivity contribution in [3.8, 4) is 17.6 Å².